The van der Waals surface area contributed by atoms with Gasteiger partial charge in [0.1, 0.15) is 28.0 Å². The van der Waals surface area contributed by atoms with Gasteiger partial charge in [0.05, 0.1) is 17.1 Å². The molecule has 0 saturated heterocycles. The summed E-state index contributed by atoms with van der Waals surface area (Å²) in [5.74, 6) is -1.80. The number of methoxy groups -OCH3 is 1. The number of nitrogen functional groups attached to an aromatic ring is 1. The fourth-order valence-electron chi connectivity index (χ4n) is 3.15. The van der Waals surface area contributed by atoms with E-state index in [2.05, 4.69) is 30.6 Å². The Morgan fingerprint density at radius 1 is 1.09 bits per heavy atom. The number of nitrogens with zero attached hydrogens (tertiary/aromatic N) is 2. The summed E-state index contributed by atoms with van der Waals surface area (Å²) in [6.45, 7) is 0. The third kappa shape index (κ3) is 4.08. The number of anilines is 2. The van der Waals surface area contributed by atoms with Crippen LogP contribution in [0.3, 0.4) is 0 Å². The second kappa shape index (κ2) is 8.32. The number of hydrogen-bond donors (Lipinski definition) is 2. The van der Waals surface area contributed by atoms with Crippen molar-refractivity contribution in [2.45, 2.75) is 4.90 Å². The number of pyridine rings is 2. The lowest BCUT2D eigenvalue weighted by Crippen LogP contribution is -2.16. The Labute approximate surface area is 190 Å². The van der Waals surface area contributed by atoms with Gasteiger partial charge in [0.2, 0.25) is 5.88 Å². The Balaban J connectivity index is 1.85. The Morgan fingerprint density at radius 3 is 2.59 bits per heavy atom. The molecule has 7 nitrogen and oxygen atoms in total. The van der Waals surface area contributed by atoms with Crippen LogP contribution in [0.4, 0.5) is 20.3 Å². The summed E-state index contributed by atoms with van der Waals surface area (Å²) in [5, 5.41) is 0.748. The zero-order valence-electron chi connectivity index (χ0n) is 16.4. The van der Waals surface area contributed by atoms with Gasteiger partial charge < -0.3 is 10.5 Å². The van der Waals surface area contributed by atoms with E-state index in [9.17, 15) is 17.2 Å². The maximum absolute atomic E-state index is 14.2. The third-order valence-corrected chi connectivity index (χ3v) is 6.65. The van der Waals surface area contributed by atoms with Crippen molar-refractivity contribution in [1.29, 1.82) is 0 Å². The van der Waals surface area contributed by atoms with Gasteiger partial charge in [-0.3, -0.25) is 4.72 Å². The van der Waals surface area contributed by atoms with Crippen LogP contribution in [0.1, 0.15) is 0 Å². The molecule has 0 saturated carbocycles. The van der Waals surface area contributed by atoms with Crippen LogP contribution >= 0.6 is 15.9 Å². The second-order valence-corrected chi connectivity index (χ2v) is 9.19. The molecule has 0 aliphatic heterocycles. The summed E-state index contributed by atoms with van der Waals surface area (Å²) in [7, 11) is -3.10. The highest BCUT2D eigenvalue weighted by atomic mass is 79.9. The third-order valence-electron chi connectivity index (χ3n) is 4.64. The summed E-state index contributed by atoms with van der Waals surface area (Å²) in [4.78, 5) is 7.63. The van der Waals surface area contributed by atoms with Crippen molar-refractivity contribution in [3.8, 4) is 17.0 Å². The fourth-order valence-corrected chi connectivity index (χ4v) is 4.63. The minimum Gasteiger partial charge on any atom is -0.479 e. The van der Waals surface area contributed by atoms with Gasteiger partial charge in [-0.2, -0.15) is 0 Å². The van der Waals surface area contributed by atoms with Crippen molar-refractivity contribution in [2.75, 3.05) is 17.6 Å². The van der Waals surface area contributed by atoms with E-state index in [0.717, 1.165) is 17.5 Å². The lowest BCUT2D eigenvalue weighted by Gasteiger charge is -2.16. The van der Waals surface area contributed by atoms with Crippen LogP contribution in [0, 0.1) is 11.6 Å². The van der Waals surface area contributed by atoms with E-state index in [0.29, 0.717) is 33.0 Å². The molecule has 3 N–H and O–H groups in total. The van der Waals surface area contributed by atoms with Crippen LogP contribution in [0.15, 0.2) is 64.1 Å². The van der Waals surface area contributed by atoms with Crippen LogP contribution in [0.5, 0.6) is 5.88 Å². The summed E-state index contributed by atoms with van der Waals surface area (Å²) in [6, 6.07) is 10.8. The SMILES string of the molecule is COc1nccc(-c2ccc3nc(N)c(Br)cc3c2)c1NS(=O)(=O)c1ccc(F)cc1F. The molecule has 0 aliphatic carbocycles. The Hall–Kier alpha value is -3.31. The first-order valence-electron chi connectivity index (χ1n) is 9.06. The quantitative estimate of drug-likeness (QED) is 0.394. The molecular formula is C21H15BrF2N4O3S. The van der Waals surface area contributed by atoms with Gasteiger partial charge in [0.25, 0.3) is 10.0 Å². The van der Waals surface area contributed by atoms with Gasteiger partial charge in [-0.1, -0.05) is 6.07 Å². The summed E-state index contributed by atoms with van der Waals surface area (Å²) in [5.41, 5.74) is 7.52. The highest BCUT2D eigenvalue weighted by Gasteiger charge is 2.24. The van der Waals surface area contributed by atoms with Crippen molar-refractivity contribution in [3.05, 3.63) is 70.8 Å². The highest BCUT2D eigenvalue weighted by Crippen LogP contribution is 2.37. The van der Waals surface area contributed by atoms with Gasteiger partial charge in [-0.25, -0.2) is 27.2 Å². The van der Waals surface area contributed by atoms with Crippen LogP contribution in [-0.2, 0) is 10.0 Å². The second-order valence-electron chi connectivity index (χ2n) is 6.69. The summed E-state index contributed by atoms with van der Waals surface area (Å²) < 4.78 is 61.4. The summed E-state index contributed by atoms with van der Waals surface area (Å²) >= 11 is 3.34. The van der Waals surface area contributed by atoms with Crippen molar-refractivity contribution in [1.82, 2.24) is 9.97 Å². The van der Waals surface area contributed by atoms with Crippen LogP contribution in [-0.4, -0.2) is 25.5 Å². The van der Waals surface area contributed by atoms with Crippen LogP contribution in [0.2, 0.25) is 0 Å². The fraction of sp³-hybridized carbons (Fsp3) is 0.0476. The topological polar surface area (TPSA) is 107 Å². The number of hydrogen-bond acceptors (Lipinski definition) is 6. The molecule has 11 heteroatoms. The number of ether oxygens (including phenoxy) is 1. The van der Waals surface area contributed by atoms with Crippen LogP contribution in [0.25, 0.3) is 22.0 Å². The first kappa shape index (κ1) is 21.9. The van der Waals surface area contributed by atoms with Crippen molar-refractivity contribution >= 4 is 48.4 Å². The molecule has 0 amide bonds. The van der Waals surface area contributed by atoms with Gasteiger partial charge in [-0.05, 0) is 57.9 Å². The van der Waals surface area contributed by atoms with E-state index in [4.69, 9.17) is 10.5 Å². The molecule has 4 aromatic rings. The van der Waals surface area contributed by atoms with Gasteiger partial charge in [0.15, 0.2) is 0 Å². The van der Waals surface area contributed by atoms with Gasteiger partial charge in [0, 0.05) is 23.2 Å². The first-order valence-corrected chi connectivity index (χ1v) is 11.3. The molecule has 0 atom stereocenters. The largest absolute Gasteiger partial charge is 0.479 e. The highest BCUT2D eigenvalue weighted by molar-refractivity contribution is 9.10. The van der Waals surface area contributed by atoms with Crippen molar-refractivity contribution in [3.63, 3.8) is 0 Å². The molecule has 0 spiro atoms. The zero-order valence-corrected chi connectivity index (χ0v) is 18.8. The normalized spacial score (nSPS) is 11.5. The average molecular weight is 521 g/mol. The molecule has 32 heavy (non-hydrogen) atoms. The lowest BCUT2D eigenvalue weighted by atomic mass is 10.0. The zero-order chi connectivity index (χ0) is 23.0. The molecular weight excluding hydrogens is 506 g/mol. The van der Waals surface area contributed by atoms with E-state index >= 15 is 0 Å². The van der Waals surface area contributed by atoms with Gasteiger partial charge >= 0.3 is 0 Å². The predicted molar refractivity (Wildman–Crippen MR) is 121 cm³/mol. The minimum atomic E-state index is -4.43. The van der Waals surface area contributed by atoms with E-state index in [-0.39, 0.29) is 11.6 Å². The number of nitrogens with one attached hydrogen (secondary N) is 1. The van der Waals surface area contributed by atoms with Crippen LogP contribution < -0.4 is 15.2 Å². The maximum Gasteiger partial charge on any atom is 0.265 e. The first-order chi connectivity index (χ1) is 15.2. The van der Waals surface area contributed by atoms with Crippen molar-refractivity contribution < 1.29 is 21.9 Å². The molecule has 2 heterocycles. The molecule has 2 aromatic heterocycles. The number of sulfonamides is 1. The summed E-state index contributed by atoms with van der Waals surface area (Å²) in [6.07, 6.45) is 1.45. The smallest absolute Gasteiger partial charge is 0.265 e. The molecule has 0 fully saturated rings. The lowest BCUT2D eigenvalue weighted by molar-refractivity contribution is 0.400. The van der Waals surface area contributed by atoms with Gasteiger partial charge in [-0.15, -0.1) is 0 Å². The standard InChI is InChI=1S/C21H15BrF2N4O3S/c1-31-21-19(28-32(29,30)18-5-3-13(23)10-16(18)24)14(6-7-26-21)11-2-4-17-12(8-11)9-15(22)20(25)27-17/h2-10,28H,1H3,(H2,25,27). The number of halogens is 3. The monoisotopic (exact) mass is 520 g/mol. The van der Waals surface area contributed by atoms with Crippen molar-refractivity contribution in [2.24, 2.45) is 0 Å². The number of benzene rings is 2. The van der Waals surface area contributed by atoms with E-state index in [1.54, 1.807) is 30.3 Å². The minimum absolute atomic E-state index is 0.000505. The molecule has 0 radical (unpaired) electrons. The number of rotatable bonds is 5. The van der Waals surface area contributed by atoms with E-state index in [1.807, 2.05) is 0 Å². The molecule has 4 rings (SSSR count). The predicted octanol–water partition coefficient (Wildman–Crippen LogP) is 4.73. The molecule has 164 valence electrons. The number of aromatic nitrogens is 2. The molecule has 0 unspecified atom stereocenters. The van der Waals surface area contributed by atoms with E-state index < -0.39 is 26.6 Å². The Bertz CT molecular complexity index is 1470. The number of nitrogens with two attached hydrogens (primary N) is 1. The molecule has 2 aromatic carbocycles. The average Bonchev–Trinajstić information content (AvgIpc) is 2.74. The maximum atomic E-state index is 14.2. The van der Waals surface area contributed by atoms with E-state index in [1.165, 1.54) is 13.3 Å². The molecule has 0 bridgehead atoms. The number of fused-ring (bicyclic) bond motifs is 1. The molecule has 0 aliphatic rings. The Morgan fingerprint density at radius 2 is 1.88 bits per heavy atom. The Kier molecular flexibility index (Phi) is 5.70.